The molecule has 1 saturated heterocycles. The van der Waals surface area contributed by atoms with Crippen LogP contribution in [0.25, 0.3) is 16.0 Å². The van der Waals surface area contributed by atoms with Crippen LogP contribution in [0, 0.1) is 12.7 Å². The lowest BCUT2D eigenvalue weighted by Crippen LogP contribution is -2.29. The number of carbonyl (C=O) groups excluding carboxylic acids is 2. The zero-order valence-corrected chi connectivity index (χ0v) is 19.1. The number of aromatic nitrogens is 1. The Hall–Kier alpha value is -4.04. The molecule has 3 aromatic carbocycles. The number of carbonyl (C=O) groups is 2. The van der Waals surface area contributed by atoms with Gasteiger partial charge in [0.2, 0.25) is 0 Å². The average molecular weight is 475 g/mol. The van der Waals surface area contributed by atoms with E-state index in [1.54, 1.807) is 24.3 Å². The fourth-order valence-corrected chi connectivity index (χ4v) is 5.19. The summed E-state index contributed by atoms with van der Waals surface area (Å²) in [6.07, 6.45) is 0. The van der Waals surface area contributed by atoms with Crippen molar-refractivity contribution in [3.05, 3.63) is 94.8 Å². The van der Waals surface area contributed by atoms with Crippen LogP contribution in [-0.2, 0) is 9.59 Å². The van der Waals surface area contributed by atoms with Crippen molar-refractivity contribution in [1.82, 2.24) is 4.98 Å². The number of amides is 1. The number of hydrogen-bond acceptors (Lipinski definition) is 6. The largest absolute Gasteiger partial charge is 0.507 e. The molecule has 1 amide bonds. The van der Waals surface area contributed by atoms with Gasteiger partial charge in [-0.2, -0.15) is 0 Å². The van der Waals surface area contributed by atoms with Crippen molar-refractivity contribution in [2.75, 3.05) is 12.0 Å². The molecule has 2 heterocycles. The number of ketones is 1. The Morgan fingerprint density at radius 1 is 1.09 bits per heavy atom. The molecule has 4 aromatic rings. The number of anilines is 1. The number of para-hydroxylation sites is 1. The van der Waals surface area contributed by atoms with Crippen molar-refractivity contribution in [2.24, 2.45) is 0 Å². The minimum atomic E-state index is -0.983. The number of thiazole rings is 1. The minimum absolute atomic E-state index is 0.114. The average Bonchev–Trinajstić information content (AvgIpc) is 3.36. The molecule has 1 fully saturated rings. The number of halogens is 1. The molecule has 1 aliphatic rings. The summed E-state index contributed by atoms with van der Waals surface area (Å²) in [6, 6.07) is 16.8. The number of hydrogen-bond donors (Lipinski definition) is 1. The Labute approximate surface area is 198 Å². The molecule has 0 aliphatic carbocycles. The number of ether oxygens (including phenoxy) is 1. The van der Waals surface area contributed by atoms with Crippen molar-refractivity contribution in [3.63, 3.8) is 0 Å². The first-order chi connectivity index (χ1) is 16.4. The Balaban J connectivity index is 1.76. The molecule has 0 radical (unpaired) electrons. The number of fused-ring (bicyclic) bond motifs is 1. The highest BCUT2D eigenvalue weighted by atomic mass is 32.1. The van der Waals surface area contributed by atoms with Crippen LogP contribution in [0.5, 0.6) is 5.75 Å². The molecule has 170 valence electrons. The summed E-state index contributed by atoms with van der Waals surface area (Å²) in [5.74, 6) is -2.10. The summed E-state index contributed by atoms with van der Waals surface area (Å²) in [5, 5.41) is 11.5. The van der Waals surface area contributed by atoms with E-state index in [0.29, 0.717) is 22.0 Å². The SMILES string of the molecule is COc1ccccc1[C@H]1C(=C(O)c2ccc(F)cc2)C(=O)C(=O)N1c1nc2ccc(C)cc2s1. The summed E-state index contributed by atoms with van der Waals surface area (Å²) in [7, 11) is 1.49. The van der Waals surface area contributed by atoms with Crippen LogP contribution in [0.3, 0.4) is 0 Å². The Morgan fingerprint density at radius 2 is 1.82 bits per heavy atom. The van der Waals surface area contributed by atoms with E-state index in [1.807, 2.05) is 25.1 Å². The lowest BCUT2D eigenvalue weighted by Gasteiger charge is -2.24. The van der Waals surface area contributed by atoms with E-state index in [-0.39, 0.29) is 11.1 Å². The maximum atomic E-state index is 13.5. The second kappa shape index (κ2) is 8.39. The van der Waals surface area contributed by atoms with Gasteiger partial charge in [-0.15, -0.1) is 0 Å². The molecule has 6 nitrogen and oxygen atoms in total. The highest BCUT2D eigenvalue weighted by Gasteiger charge is 2.49. The van der Waals surface area contributed by atoms with Gasteiger partial charge in [0.1, 0.15) is 23.4 Å². The van der Waals surface area contributed by atoms with E-state index in [1.165, 1.54) is 47.6 Å². The highest BCUT2D eigenvalue weighted by Crippen LogP contribution is 2.46. The van der Waals surface area contributed by atoms with Crippen LogP contribution >= 0.6 is 11.3 Å². The van der Waals surface area contributed by atoms with Gasteiger partial charge in [-0.25, -0.2) is 9.37 Å². The first-order valence-corrected chi connectivity index (χ1v) is 11.3. The second-order valence-electron chi connectivity index (χ2n) is 7.89. The molecular weight excluding hydrogens is 455 g/mol. The van der Waals surface area contributed by atoms with Gasteiger partial charge in [0.15, 0.2) is 5.13 Å². The molecule has 1 atom stereocenters. The van der Waals surface area contributed by atoms with Gasteiger partial charge in [0.05, 0.1) is 22.9 Å². The number of methoxy groups -OCH3 is 1. The lowest BCUT2D eigenvalue weighted by molar-refractivity contribution is -0.132. The summed E-state index contributed by atoms with van der Waals surface area (Å²) in [5.41, 5.74) is 2.37. The van der Waals surface area contributed by atoms with Gasteiger partial charge in [0.25, 0.3) is 5.78 Å². The van der Waals surface area contributed by atoms with Gasteiger partial charge >= 0.3 is 5.91 Å². The third-order valence-corrected chi connectivity index (χ3v) is 6.75. The maximum Gasteiger partial charge on any atom is 0.301 e. The van der Waals surface area contributed by atoms with Crippen LogP contribution in [0.1, 0.15) is 22.7 Å². The third-order valence-electron chi connectivity index (χ3n) is 5.73. The van der Waals surface area contributed by atoms with Crippen molar-refractivity contribution in [1.29, 1.82) is 0 Å². The summed E-state index contributed by atoms with van der Waals surface area (Å²) >= 11 is 1.29. The summed E-state index contributed by atoms with van der Waals surface area (Å²) in [6.45, 7) is 1.96. The molecule has 34 heavy (non-hydrogen) atoms. The number of rotatable bonds is 4. The van der Waals surface area contributed by atoms with E-state index in [9.17, 15) is 19.1 Å². The van der Waals surface area contributed by atoms with Gasteiger partial charge in [-0.1, -0.05) is 35.6 Å². The molecule has 8 heteroatoms. The first kappa shape index (κ1) is 21.8. The molecule has 0 saturated carbocycles. The number of aliphatic hydroxyl groups is 1. The maximum absolute atomic E-state index is 13.5. The highest BCUT2D eigenvalue weighted by molar-refractivity contribution is 7.22. The molecule has 5 rings (SSSR count). The molecule has 0 spiro atoms. The van der Waals surface area contributed by atoms with E-state index < -0.39 is 29.3 Å². The topological polar surface area (TPSA) is 79.7 Å². The van der Waals surface area contributed by atoms with Gasteiger partial charge in [0, 0.05) is 11.1 Å². The zero-order chi connectivity index (χ0) is 24.0. The third kappa shape index (κ3) is 3.52. The quantitative estimate of drug-likeness (QED) is 0.244. The number of Topliss-reactive ketones (excluding diaryl/α,β-unsaturated/α-hetero) is 1. The standard InChI is InChI=1S/C26H19FN2O4S/c1-14-7-12-18-20(13-14)34-26(28-18)29-22(17-5-3-4-6-19(17)33-2)21(24(31)25(29)32)23(30)15-8-10-16(27)11-9-15/h3-13,22,30H,1-2H3/t22-/m0/s1. The predicted octanol–water partition coefficient (Wildman–Crippen LogP) is 5.38. The molecule has 1 N–H and O–H groups in total. The first-order valence-electron chi connectivity index (χ1n) is 10.5. The van der Waals surface area contributed by atoms with Gasteiger partial charge in [-0.05, 0) is 55.0 Å². The second-order valence-corrected chi connectivity index (χ2v) is 8.89. The summed E-state index contributed by atoms with van der Waals surface area (Å²) < 4.78 is 19.9. The number of nitrogens with zero attached hydrogens (tertiary/aromatic N) is 2. The van der Waals surface area contributed by atoms with Crippen LogP contribution < -0.4 is 9.64 Å². The Kier molecular flexibility index (Phi) is 5.37. The Bertz CT molecular complexity index is 1480. The van der Waals surface area contributed by atoms with E-state index in [2.05, 4.69) is 4.98 Å². The van der Waals surface area contributed by atoms with Crippen LogP contribution in [0.15, 0.2) is 72.3 Å². The van der Waals surface area contributed by atoms with Gasteiger partial charge < -0.3 is 9.84 Å². The van der Waals surface area contributed by atoms with E-state index in [0.717, 1.165) is 10.3 Å². The normalized spacial score (nSPS) is 17.5. The van der Waals surface area contributed by atoms with E-state index >= 15 is 0 Å². The van der Waals surface area contributed by atoms with Crippen molar-refractivity contribution < 1.29 is 23.8 Å². The molecule has 1 aromatic heterocycles. The number of benzene rings is 3. The fraction of sp³-hybridized carbons (Fsp3) is 0.115. The van der Waals surface area contributed by atoms with Crippen LogP contribution in [0.4, 0.5) is 9.52 Å². The smallest absolute Gasteiger partial charge is 0.301 e. The van der Waals surface area contributed by atoms with Crippen molar-refractivity contribution in [3.8, 4) is 5.75 Å². The molecule has 0 unspecified atom stereocenters. The summed E-state index contributed by atoms with van der Waals surface area (Å²) in [4.78, 5) is 32.5. The fourth-order valence-electron chi connectivity index (χ4n) is 4.10. The van der Waals surface area contributed by atoms with Crippen molar-refractivity contribution in [2.45, 2.75) is 13.0 Å². The number of aryl methyl sites for hydroxylation is 1. The number of aliphatic hydroxyl groups excluding tert-OH is 1. The Morgan fingerprint density at radius 3 is 2.56 bits per heavy atom. The zero-order valence-electron chi connectivity index (χ0n) is 18.3. The monoisotopic (exact) mass is 474 g/mol. The van der Waals surface area contributed by atoms with Crippen LogP contribution in [0.2, 0.25) is 0 Å². The molecule has 0 bridgehead atoms. The minimum Gasteiger partial charge on any atom is -0.507 e. The van der Waals surface area contributed by atoms with Crippen LogP contribution in [-0.4, -0.2) is 28.9 Å². The molecule has 1 aliphatic heterocycles. The van der Waals surface area contributed by atoms with Gasteiger partial charge in [-0.3, -0.25) is 14.5 Å². The van der Waals surface area contributed by atoms with Crippen molar-refractivity contribution >= 4 is 44.1 Å². The van der Waals surface area contributed by atoms with E-state index in [4.69, 9.17) is 4.74 Å². The molecular formula is C26H19FN2O4S. The predicted molar refractivity (Wildman–Crippen MR) is 129 cm³/mol. The lowest BCUT2D eigenvalue weighted by atomic mass is 9.94.